The quantitative estimate of drug-likeness (QED) is 0.909. The Morgan fingerprint density at radius 1 is 1.20 bits per heavy atom. The number of H-pyrrole nitrogens is 1. The zero-order valence-corrected chi connectivity index (χ0v) is 12.7. The highest BCUT2D eigenvalue weighted by molar-refractivity contribution is 5.40. The Labute approximate surface area is 120 Å². The molecule has 1 heterocycles. The summed E-state index contributed by atoms with van der Waals surface area (Å²) in [7, 11) is 0. The van der Waals surface area contributed by atoms with Gasteiger partial charge in [0.1, 0.15) is 5.75 Å². The fraction of sp³-hybridized carbons (Fsp3) is 0.500. The van der Waals surface area contributed by atoms with Crippen LogP contribution < -0.4 is 4.74 Å². The van der Waals surface area contributed by atoms with Crippen molar-refractivity contribution < 1.29 is 4.74 Å². The summed E-state index contributed by atoms with van der Waals surface area (Å²) < 4.78 is 5.73. The number of benzene rings is 1. The second-order valence-electron chi connectivity index (χ2n) is 5.97. The minimum absolute atomic E-state index is 0.146. The summed E-state index contributed by atoms with van der Waals surface area (Å²) in [6.07, 6.45) is 3.55. The maximum atomic E-state index is 5.73. The van der Waals surface area contributed by atoms with Crippen molar-refractivity contribution in [1.82, 2.24) is 15.4 Å². The number of rotatable bonds is 5. The lowest BCUT2D eigenvalue weighted by Crippen LogP contribution is -2.12. The van der Waals surface area contributed by atoms with E-state index in [1.54, 1.807) is 6.20 Å². The summed E-state index contributed by atoms with van der Waals surface area (Å²) in [5, 5.41) is 10.6. The lowest BCUT2D eigenvalue weighted by atomic mass is 9.85. The smallest absolute Gasteiger partial charge is 0.122 e. The summed E-state index contributed by atoms with van der Waals surface area (Å²) in [6.45, 7) is 9.38. The van der Waals surface area contributed by atoms with E-state index in [2.05, 4.69) is 54.4 Å². The molecule has 4 nitrogen and oxygen atoms in total. The van der Waals surface area contributed by atoms with E-state index in [-0.39, 0.29) is 5.41 Å². The number of hydrogen-bond donors (Lipinski definition) is 1. The van der Waals surface area contributed by atoms with Crippen molar-refractivity contribution in [2.24, 2.45) is 0 Å². The number of aryl methyl sites for hydroxylation is 2. The first-order chi connectivity index (χ1) is 9.50. The van der Waals surface area contributed by atoms with Crippen molar-refractivity contribution in [2.45, 2.75) is 46.0 Å². The lowest BCUT2D eigenvalue weighted by molar-refractivity contribution is 0.336. The van der Waals surface area contributed by atoms with Crippen molar-refractivity contribution in [3.63, 3.8) is 0 Å². The Morgan fingerprint density at radius 3 is 2.60 bits per heavy atom. The summed E-state index contributed by atoms with van der Waals surface area (Å²) in [5.74, 6) is 0.976. The molecular weight excluding hydrogens is 250 g/mol. The van der Waals surface area contributed by atoms with E-state index < -0.39 is 0 Å². The molecule has 0 saturated carbocycles. The first-order valence-electron chi connectivity index (χ1n) is 7.11. The molecule has 0 bridgehead atoms. The minimum Gasteiger partial charge on any atom is -0.494 e. The second-order valence-corrected chi connectivity index (χ2v) is 5.97. The van der Waals surface area contributed by atoms with Crippen LogP contribution in [0.5, 0.6) is 5.75 Å². The van der Waals surface area contributed by atoms with Crippen molar-refractivity contribution >= 4 is 0 Å². The molecule has 20 heavy (non-hydrogen) atoms. The summed E-state index contributed by atoms with van der Waals surface area (Å²) in [6, 6.07) is 6.50. The molecule has 0 unspecified atom stereocenters. The highest BCUT2D eigenvalue weighted by Crippen LogP contribution is 2.28. The monoisotopic (exact) mass is 273 g/mol. The Bertz CT molecular complexity index is 541. The third-order valence-corrected chi connectivity index (χ3v) is 3.34. The van der Waals surface area contributed by atoms with Crippen LogP contribution in [0.3, 0.4) is 0 Å². The molecule has 1 aromatic carbocycles. The van der Waals surface area contributed by atoms with Crippen LogP contribution in [0.4, 0.5) is 0 Å². The van der Waals surface area contributed by atoms with Crippen molar-refractivity contribution in [3.8, 4) is 5.75 Å². The first kappa shape index (κ1) is 14.6. The van der Waals surface area contributed by atoms with Crippen molar-refractivity contribution in [2.75, 3.05) is 6.61 Å². The van der Waals surface area contributed by atoms with Crippen LogP contribution in [0.25, 0.3) is 0 Å². The van der Waals surface area contributed by atoms with E-state index in [4.69, 9.17) is 4.74 Å². The van der Waals surface area contributed by atoms with Gasteiger partial charge >= 0.3 is 0 Å². The number of aromatic amines is 1. The first-order valence-corrected chi connectivity index (χ1v) is 7.11. The molecule has 4 heteroatoms. The molecule has 0 radical (unpaired) electrons. The van der Waals surface area contributed by atoms with Gasteiger partial charge in [0.2, 0.25) is 0 Å². The number of nitrogens with zero attached hydrogens (tertiary/aromatic N) is 2. The van der Waals surface area contributed by atoms with Gasteiger partial charge in [-0.05, 0) is 42.4 Å². The molecule has 0 aliphatic heterocycles. The molecule has 0 spiro atoms. The van der Waals surface area contributed by atoms with E-state index in [0.717, 1.165) is 24.3 Å². The lowest BCUT2D eigenvalue weighted by Gasteiger charge is -2.21. The Morgan fingerprint density at radius 2 is 2.00 bits per heavy atom. The van der Waals surface area contributed by atoms with Crippen LogP contribution in [0, 0.1) is 0 Å². The van der Waals surface area contributed by atoms with Crippen LogP contribution in [0.15, 0.2) is 24.4 Å². The third-order valence-electron chi connectivity index (χ3n) is 3.34. The Balaban J connectivity index is 2.22. The van der Waals surface area contributed by atoms with Crippen LogP contribution in [-0.4, -0.2) is 22.0 Å². The average molecular weight is 273 g/mol. The molecule has 0 saturated heterocycles. The topological polar surface area (TPSA) is 50.8 Å². The van der Waals surface area contributed by atoms with E-state index in [9.17, 15) is 0 Å². The summed E-state index contributed by atoms with van der Waals surface area (Å²) in [4.78, 5) is 0. The molecule has 2 aromatic rings. The zero-order valence-electron chi connectivity index (χ0n) is 12.7. The number of ether oxygens (including phenoxy) is 1. The van der Waals surface area contributed by atoms with Gasteiger partial charge in [-0.25, -0.2) is 0 Å². The van der Waals surface area contributed by atoms with Crippen LogP contribution >= 0.6 is 0 Å². The van der Waals surface area contributed by atoms with Gasteiger partial charge < -0.3 is 4.74 Å². The van der Waals surface area contributed by atoms with Gasteiger partial charge in [-0.15, -0.1) is 0 Å². The predicted octanol–water partition coefficient (Wildman–Crippen LogP) is 3.29. The molecule has 0 aliphatic rings. The van der Waals surface area contributed by atoms with Gasteiger partial charge in [-0.1, -0.05) is 32.9 Å². The number of aromatic nitrogens is 3. The molecule has 2 rings (SSSR count). The van der Waals surface area contributed by atoms with Crippen molar-refractivity contribution in [3.05, 3.63) is 41.2 Å². The predicted molar refractivity (Wildman–Crippen MR) is 80.1 cm³/mol. The summed E-state index contributed by atoms with van der Waals surface area (Å²) in [5.41, 5.74) is 3.69. The maximum absolute atomic E-state index is 5.73. The SMILES string of the molecule is CCOc1ccc(C(C)(C)C)cc1CCc1cn[nH]n1. The van der Waals surface area contributed by atoms with Crippen LogP contribution in [0.2, 0.25) is 0 Å². The third kappa shape index (κ3) is 3.59. The minimum atomic E-state index is 0.146. The molecular formula is C16H23N3O. The van der Waals surface area contributed by atoms with Gasteiger partial charge in [0.15, 0.2) is 0 Å². The molecule has 0 atom stereocenters. The van der Waals surface area contributed by atoms with E-state index in [0.29, 0.717) is 6.61 Å². The number of nitrogens with one attached hydrogen (secondary N) is 1. The molecule has 0 aliphatic carbocycles. The summed E-state index contributed by atoms with van der Waals surface area (Å²) >= 11 is 0. The Kier molecular flexibility index (Phi) is 4.42. The second kappa shape index (κ2) is 6.07. The molecule has 1 N–H and O–H groups in total. The van der Waals surface area contributed by atoms with E-state index in [1.165, 1.54) is 11.1 Å². The number of hydrogen-bond acceptors (Lipinski definition) is 3. The largest absolute Gasteiger partial charge is 0.494 e. The standard InChI is InChI=1S/C16H23N3O/c1-5-20-15-9-7-13(16(2,3)4)10-12(15)6-8-14-11-17-19-18-14/h7,9-11H,5-6,8H2,1-4H3,(H,17,18,19). The Hall–Kier alpha value is -1.84. The van der Waals surface area contributed by atoms with Crippen LogP contribution in [0.1, 0.15) is 44.5 Å². The fourth-order valence-electron chi connectivity index (χ4n) is 2.15. The molecule has 0 fully saturated rings. The molecule has 1 aromatic heterocycles. The van der Waals surface area contributed by atoms with Gasteiger partial charge in [0, 0.05) is 0 Å². The molecule has 108 valence electrons. The zero-order chi connectivity index (χ0) is 14.6. The maximum Gasteiger partial charge on any atom is 0.122 e. The van der Waals surface area contributed by atoms with Gasteiger partial charge in [-0.2, -0.15) is 15.4 Å². The van der Waals surface area contributed by atoms with Gasteiger partial charge in [0.25, 0.3) is 0 Å². The fourth-order valence-corrected chi connectivity index (χ4v) is 2.15. The van der Waals surface area contributed by atoms with E-state index >= 15 is 0 Å². The van der Waals surface area contributed by atoms with E-state index in [1.807, 2.05) is 6.92 Å². The molecule has 0 amide bonds. The average Bonchev–Trinajstić information content (AvgIpc) is 2.89. The highest BCUT2D eigenvalue weighted by Gasteiger charge is 2.16. The highest BCUT2D eigenvalue weighted by atomic mass is 16.5. The van der Waals surface area contributed by atoms with Gasteiger partial charge in [-0.3, -0.25) is 0 Å². The van der Waals surface area contributed by atoms with Gasteiger partial charge in [0.05, 0.1) is 18.5 Å². The van der Waals surface area contributed by atoms with Crippen molar-refractivity contribution in [1.29, 1.82) is 0 Å². The van der Waals surface area contributed by atoms with Crippen LogP contribution in [-0.2, 0) is 18.3 Å². The normalized spacial score (nSPS) is 11.6.